The van der Waals surface area contributed by atoms with Gasteiger partial charge in [0.25, 0.3) is 5.56 Å². The molecule has 0 aliphatic carbocycles. The zero-order valence-corrected chi connectivity index (χ0v) is 17.9. The Balaban J connectivity index is 1.56. The summed E-state index contributed by atoms with van der Waals surface area (Å²) in [6.45, 7) is 3.32. The molecular formula is C20H24N4O3S2. The van der Waals surface area contributed by atoms with E-state index in [1.165, 1.54) is 21.8 Å². The van der Waals surface area contributed by atoms with E-state index in [1.807, 2.05) is 24.4 Å². The summed E-state index contributed by atoms with van der Waals surface area (Å²) in [5.41, 5.74) is 1.92. The van der Waals surface area contributed by atoms with Crippen LogP contribution in [0.3, 0.4) is 0 Å². The third kappa shape index (κ3) is 4.22. The van der Waals surface area contributed by atoms with Gasteiger partial charge in [0.1, 0.15) is 0 Å². The Morgan fingerprint density at radius 3 is 2.66 bits per heavy atom. The highest BCUT2D eigenvalue weighted by molar-refractivity contribution is 7.89. The van der Waals surface area contributed by atoms with E-state index in [9.17, 15) is 13.2 Å². The average molecular weight is 433 g/mol. The van der Waals surface area contributed by atoms with E-state index in [1.54, 1.807) is 16.6 Å². The average Bonchev–Trinajstić information content (AvgIpc) is 3.00. The van der Waals surface area contributed by atoms with Gasteiger partial charge in [-0.1, -0.05) is 18.9 Å². The predicted octanol–water partition coefficient (Wildman–Crippen LogP) is 3.24. The van der Waals surface area contributed by atoms with Gasteiger partial charge in [-0.15, -0.1) is 11.3 Å². The summed E-state index contributed by atoms with van der Waals surface area (Å²) in [5, 5.41) is 5.03. The van der Waals surface area contributed by atoms with Gasteiger partial charge >= 0.3 is 0 Å². The van der Waals surface area contributed by atoms with Crippen LogP contribution in [-0.2, 0) is 16.6 Å². The summed E-state index contributed by atoms with van der Waals surface area (Å²) in [7, 11) is -3.52. The van der Waals surface area contributed by atoms with Crippen molar-refractivity contribution in [2.24, 2.45) is 0 Å². The third-order valence-corrected chi connectivity index (χ3v) is 8.00. The Kier molecular flexibility index (Phi) is 5.71. The van der Waals surface area contributed by atoms with Crippen molar-refractivity contribution in [2.45, 2.75) is 44.0 Å². The van der Waals surface area contributed by atoms with E-state index in [-0.39, 0.29) is 5.56 Å². The second kappa shape index (κ2) is 8.25. The van der Waals surface area contributed by atoms with Gasteiger partial charge in [-0.25, -0.2) is 13.4 Å². The van der Waals surface area contributed by atoms with Gasteiger partial charge in [0.05, 0.1) is 17.1 Å². The first-order valence-corrected chi connectivity index (χ1v) is 12.1. The molecule has 3 heterocycles. The summed E-state index contributed by atoms with van der Waals surface area (Å²) in [5.74, 6) is 0. The van der Waals surface area contributed by atoms with Crippen molar-refractivity contribution in [3.05, 3.63) is 57.5 Å². The van der Waals surface area contributed by atoms with Gasteiger partial charge < -0.3 is 5.32 Å². The van der Waals surface area contributed by atoms with Gasteiger partial charge in [-0.2, -0.15) is 4.31 Å². The lowest BCUT2D eigenvalue weighted by atomic mass is 10.2. The number of benzene rings is 1. The first-order valence-electron chi connectivity index (χ1n) is 9.75. The molecule has 1 aliphatic rings. The zero-order chi connectivity index (χ0) is 20.4. The number of thiazole rings is 1. The van der Waals surface area contributed by atoms with Crippen LogP contribution < -0.4 is 10.9 Å². The van der Waals surface area contributed by atoms with Gasteiger partial charge in [-0.3, -0.25) is 9.20 Å². The standard InChI is InChI=1S/C20H24N4O3S2/c1-15-6-7-16(12-18(15)29(26,27)23-8-4-2-3-5-9-23)21-14-17-13-19(25)24-10-11-28-20(24)22-17/h6-7,10-13,21H,2-5,8-9,14H2,1H3. The second-order valence-corrected chi connectivity index (χ2v) is 10.1. The monoisotopic (exact) mass is 432 g/mol. The molecule has 3 aromatic rings. The van der Waals surface area contributed by atoms with Crippen LogP contribution in [0, 0.1) is 6.92 Å². The van der Waals surface area contributed by atoms with Crippen LogP contribution in [-0.4, -0.2) is 35.2 Å². The molecule has 0 atom stereocenters. The van der Waals surface area contributed by atoms with Crippen LogP contribution in [0.25, 0.3) is 4.96 Å². The Bertz CT molecular complexity index is 1180. The Labute approximate surface area is 174 Å². The van der Waals surface area contributed by atoms with E-state index < -0.39 is 10.0 Å². The highest BCUT2D eigenvalue weighted by atomic mass is 32.2. The van der Waals surface area contributed by atoms with Gasteiger partial charge in [0.2, 0.25) is 10.0 Å². The van der Waals surface area contributed by atoms with Crippen LogP contribution >= 0.6 is 11.3 Å². The molecule has 29 heavy (non-hydrogen) atoms. The topological polar surface area (TPSA) is 83.8 Å². The van der Waals surface area contributed by atoms with Crippen molar-refractivity contribution in [1.29, 1.82) is 0 Å². The van der Waals surface area contributed by atoms with Crippen molar-refractivity contribution in [2.75, 3.05) is 18.4 Å². The number of aryl methyl sites for hydroxylation is 1. The maximum absolute atomic E-state index is 13.2. The van der Waals surface area contributed by atoms with E-state index in [0.29, 0.717) is 40.9 Å². The molecule has 1 aromatic carbocycles. The number of fused-ring (bicyclic) bond motifs is 1. The maximum Gasteiger partial charge on any atom is 0.258 e. The molecule has 0 spiro atoms. The lowest BCUT2D eigenvalue weighted by molar-refractivity contribution is 0.423. The molecule has 0 radical (unpaired) electrons. The molecule has 2 aromatic heterocycles. The number of nitrogens with zero attached hydrogens (tertiary/aromatic N) is 3. The van der Waals surface area contributed by atoms with Crippen molar-refractivity contribution >= 4 is 32.0 Å². The number of hydrogen-bond acceptors (Lipinski definition) is 6. The number of nitrogens with one attached hydrogen (secondary N) is 1. The fourth-order valence-electron chi connectivity index (χ4n) is 3.58. The number of hydrogen-bond donors (Lipinski definition) is 1. The summed E-state index contributed by atoms with van der Waals surface area (Å²) in [4.78, 5) is 17.6. The highest BCUT2D eigenvalue weighted by Crippen LogP contribution is 2.26. The Hall–Kier alpha value is -2.23. The molecule has 0 bridgehead atoms. The number of aromatic nitrogens is 2. The quantitative estimate of drug-likeness (QED) is 0.669. The lowest BCUT2D eigenvalue weighted by Crippen LogP contribution is -2.32. The van der Waals surface area contributed by atoms with Crippen LogP contribution in [0.4, 0.5) is 5.69 Å². The molecule has 4 rings (SSSR count). The van der Waals surface area contributed by atoms with Crippen LogP contribution in [0.2, 0.25) is 0 Å². The first kappa shape index (κ1) is 20.1. The second-order valence-electron chi connectivity index (χ2n) is 7.29. The zero-order valence-electron chi connectivity index (χ0n) is 16.3. The molecule has 1 fully saturated rings. The van der Waals surface area contributed by atoms with Gasteiger partial charge in [0, 0.05) is 36.4 Å². The summed E-state index contributed by atoms with van der Waals surface area (Å²) < 4.78 is 29.5. The minimum Gasteiger partial charge on any atom is -0.379 e. The molecule has 154 valence electrons. The smallest absolute Gasteiger partial charge is 0.258 e. The molecule has 1 N–H and O–H groups in total. The molecule has 9 heteroatoms. The summed E-state index contributed by atoms with van der Waals surface area (Å²) in [6.07, 6.45) is 5.67. The molecule has 1 saturated heterocycles. The van der Waals surface area contributed by atoms with Crippen molar-refractivity contribution < 1.29 is 8.42 Å². The molecule has 7 nitrogen and oxygen atoms in total. The largest absolute Gasteiger partial charge is 0.379 e. The normalized spacial score (nSPS) is 16.0. The maximum atomic E-state index is 13.2. The number of anilines is 1. The summed E-state index contributed by atoms with van der Waals surface area (Å²) >= 11 is 1.40. The minimum absolute atomic E-state index is 0.124. The molecule has 0 unspecified atom stereocenters. The van der Waals surface area contributed by atoms with E-state index >= 15 is 0 Å². The van der Waals surface area contributed by atoms with E-state index in [2.05, 4.69) is 10.3 Å². The Morgan fingerprint density at radius 2 is 1.90 bits per heavy atom. The predicted molar refractivity (Wildman–Crippen MR) is 115 cm³/mol. The van der Waals surface area contributed by atoms with E-state index in [4.69, 9.17) is 0 Å². The first-order chi connectivity index (χ1) is 13.9. The highest BCUT2D eigenvalue weighted by Gasteiger charge is 2.26. The van der Waals surface area contributed by atoms with Crippen LogP contribution in [0.5, 0.6) is 0 Å². The molecule has 1 aliphatic heterocycles. The van der Waals surface area contributed by atoms with Crippen molar-refractivity contribution in [3.63, 3.8) is 0 Å². The fourth-order valence-corrected chi connectivity index (χ4v) is 6.09. The van der Waals surface area contributed by atoms with Crippen molar-refractivity contribution in [3.8, 4) is 0 Å². The van der Waals surface area contributed by atoms with E-state index in [0.717, 1.165) is 31.2 Å². The molecule has 0 saturated carbocycles. The van der Waals surface area contributed by atoms with Gasteiger partial charge in [-0.05, 0) is 37.5 Å². The summed E-state index contributed by atoms with van der Waals surface area (Å²) in [6, 6.07) is 6.85. The third-order valence-electron chi connectivity index (χ3n) is 5.20. The number of rotatable bonds is 5. The fraction of sp³-hybridized carbons (Fsp3) is 0.400. The SMILES string of the molecule is Cc1ccc(NCc2cc(=O)n3ccsc3n2)cc1S(=O)(=O)N1CCCCCC1. The molecule has 0 amide bonds. The van der Waals surface area contributed by atoms with Crippen molar-refractivity contribution in [1.82, 2.24) is 13.7 Å². The Morgan fingerprint density at radius 1 is 1.14 bits per heavy atom. The minimum atomic E-state index is -3.52. The van der Waals surface area contributed by atoms with Crippen LogP contribution in [0.1, 0.15) is 36.9 Å². The van der Waals surface area contributed by atoms with Crippen LogP contribution in [0.15, 0.2) is 45.5 Å². The lowest BCUT2D eigenvalue weighted by Gasteiger charge is -2.21. The number of sulfonamides is 1. The molecular weight excluding hydrogens is 408 g/mol. The van der Waals surface area contributed by atoms with Gasteiger partial charge in [0.15, 0.2) is 4.96 Å².